The maximum absolute atomic E-state index is 5.89. The van der Waals surface area contributed by atoms with E-state index in [-0.39, 0.29) is 12.0 Å². The fourth-order valence-corrected chi connectivity index (χ4v) is 1.74. The first-order chi connectivity index (χ1) is 7.31. The summed E-state index contributed by atoms with van der Waals surface area (Å²) in [4.78, 5) is 4.33. The molecule has 0 saturated carbocycles. The number of hydrogen-bond donors (Lipinski definition) is 1. The molecule has 2 atom stereocenters. The predicted molar refractivity (Wildman–Crippen MR) is 54.3 cm³/mol. The van der Waals surface area contributed by atoms with E-state index in [1.54, 1.807) is 0 Å². The summed E-state index contributed by atoms with van der Waals surface area (Å²) < 4.78 is 10.4. The van der Waals surface area contributed by atoms with E-state index >= 15 is 0 Å². The zero-order valence-corrected chi connectivity index (χ0v) is 8.98. The van der Waals surface area contributed by atoms with Crippen molar-refractivity contribution in [2.45, 2.75) is 38.1 Å². The third-order valence-electron chi connectivity index (χ3n) is 2.67. The molecule has 1 aliphatic heterocycles. The highest BCUT2D eigenvalue weighted by atomic mass is 16.5. The summed E-state index contributed by atoms with van der Waals surface area (Å²) in [5, 5.41) is 3.96. The number of hydrogen-bond acceptors (Lipinski definition) is 5. The molecule has 5 heteroatoms. The van der Waals surface area contributed by atoms with Gasteiger partial charge in [-0.05, 0) is 12.8 Å². The average Bonchev–Trinajstić information content (AvgIpc) is 2.89. The Kier molecular flexibility index (Phi) is 3.33. The zero-order chi connectivity index (χ0) is 10.7. The van der Waals surface area contributed by atoms with Gasteiger partial charge in [-0.25, -0.2) is 0 Å². The molecule has 0 spiro atoms. The summed E-state index contributed by atoms with van der Waals surface area (Å²) in [5.74, 6) is 1.59. The number of nitrogens with zero attached hydrogens (tertiary/aromatic N) is 2. The van der Waals surface area contributed by atoms with Gasteiger partial charge in [-0.3, -0.25) is 0 Å². The lowest BCUT2D eigenvalue weighted by molar-refractivity contribution is 0.192. The predicted octanol–water partition coefficient (Wildman–Crippen LogP) is 1.37. The highest BCUT2D eigenvalue weighted by molar-refractivity contribution is 4.99. The average molecular weight is 211 g/mol. The van der Waals surface area contributed by atoms with Crippen LogP contribution < -0.4 is 5.73 Å². The standard InChI is InChI=1S/C10H17N3O2/c1-2-3-8(11)10-12-9(13-15-10)7-4-5-14-6-7/h7-8H,2-6,11H2,1H3/t7?,8-/m1/s1. The Bertz CT molecular complexity index is 307. The van der Waals surface area contributed by atoms with Gasteiger partial charge in [-0.2, -0.15) is 4.98 Å². The van der Waals surface area contributed by atoms with E-state index in [2.05, 4.69) is 17.1 Å². The van der Waals surface area contributed by atoms with Crippen molar-refractivity contribution in [1.29, 1.82) is 0 Å². The van der Waals surface area contributed by atoms with Gasteiger partial charge in [0.05, 0.1) is 12.6 Å². The molecule has 2 N–H and O–H groups in total. The third kappa shape index (κ3) is 2.35. The molecule has 1 saturated heterocycles. The van der Waals surface area contributed by atoms with Crippen LogP contribution in [0.3, 0.4) is 0 Å². The van der Waals surface area contributed by atoms with Crippen molar-refractivity contribution in [2.24, 2.45) is 5.73 Å². The lowest BCUT2D eigenvalue weighted by Gasteiger charge is -2.02. The second-order valence-electron chi connectivity index (χ2n) is 3.95. The van der Waals surface area contributed by atoms with Gasteiger partial charge in [-0.15, -0.1) is 0 Å². The molecule has 0 amide bonds. The molecule has 5 nitrogen and oxygen atoms in total. The summed E-state index contributed by atoms with van der Waals surface area (Å²) in [6.45, 7) is 3.57. The van der Waals surface area contributed by atoms with E-state index < -0.39 is 0 Å². The lowest BCUT2D eigenvalue weighted by Crippen LogP contribution is -2.10. The zero-order valence-electron chi connectivity index (χ0n) is 8.98. The molecule has 2 rings (SSSR count). The molecule has 2 heterocycles. The number of rotatable bonds is 4. The van der Waals surface area contributed by atoms with Crippen molar-refractivity contribution in [1.82, 2.24) is 10.1 Å². The Morgan fingerprint density at radius 3 is 3.13 bits per heavy atom. The topological polar surface area (TPSA) is 74.2 Å². The van der Waals surface area contributed by atoms with Gasteiger partial charge < -0.3 is 15.0 Å². The Balaban J connectivity index is 2.02. The summed E-state index contributed by atoms with van der Waals surface area (Å²) in [6, 6.07) is -0.126. The Morgan fingerprint density at radius 1 is 1.60 bits per heavy atom. The monoisotopic (exact) mass is 211 g/mol. The first-order valence-electron chi connectivity index (χ1n) is 5.48. The van der Waals surface area contributed by atoms with Gasteiger partial charge in [0.15, 0.2) is 5.82 Å². The molecule has 0 bridgehead atoms. The van der Waals surface area contributed by atoms with Crippen molar-refractivity contribution >= 4 is 0 Å². The largest absolute Gasteiger partial charge is 0.381 e. The minimum Gasteiger partial charge on any atom is -0.381 e. The molecule has 15 heavy (non-hydrogen) atoms. The summed E-state index contributed by atoms with van der Waals surface area (Å²) in [7, 11) is 0. The van der Waals surface area contributed by atoms with Crippen molar-refractivity contribution in [3.05, 3.63) is 11.7 Å². The smallest absolute Gasteiger partial charge is 0.243 e. The van der Waals surface area contributed by atoms with Crippen LogP contribution in [0.15, 0.2) is 4.52 Å². The van der Waals surface area contributed by atoms with E-state index in [9.17, 15) is 0 Å². The van der Waals surface area contributed by atoms with Crippen LogP contribution in [0.1, 0.15) is 49.9 Å². The van der Waals surface area contributed by atoms with E-state index in [1.165, 1.54) is 0 Å². The van der Waals surface area contributed by atoms with Crippen LogP contribution >= 0.6 is 0 Å². The molecule has 1 unspecified atom stereocenters. The Labute approximate surface area is 89.0 Å². The number of ether oxygens (including phenoxy) is 1. The van der Waals surface area contributed by atoms with E-state index in [0.29, 0.717) is 12.5 Å². The van der Waals surface area contributed by atoms with Crippen molar-refractivity contribution in [3.8, 4) is 0 Å². The summed E-state index contributed by atoms with van der Waals surface area (Å²) in [6.07, 6.45) is 2.87. The SMILES string of the molecule is CCC[C@@H](N)c1nc(C2CCOC2)no1. The van der Waals surface area contributed by atoms with Gasteiger partial charge in [0.25, 0.3) is 0 Å². The van der Waals surface area contributed by atoms with E-state index in [1.807, 2.05) is 0 Å². The molecule has 0 radical (unpaired) electrons. The van der Waals surface area contributed by atoms with Crippen LogP contribution in [0.25, 0.3) is 0 Å². The highest BCUT2D eigenvalue weighted by Gasteiger charge is 2.24. The minimum atomic E-state index is -0.126. The van der Waals surface area contributed by atoms with Crippen LogP contribution in [0.5, 0.6) is 0 Å². The summed E-state index contributed by atoms with van der Waals surface area (Å²) >= 11 is 0. The highest BCUT2D eigenvalue weighted by Crippen LogP contribution is 2.24. The van der Waals surface area contributed by atoms with E-state index in [0.717, 1.165) is 31.7 Å². The number of aromatic nitrogens is 2. The van der Waals surface area contributed by atoms with Crippen LogP contribution in [-0.4, -0.2) is 23.4 Å². The van der Waals surface area contributed by atoms with Crippen molar-refractivity contribution in [3.63, 3.8) is 0 Å². The maximum Gasteiger partial charge on any atom is 0.243 e. The fourth-order valence-electron chi connectivity index (χ4n) is 1.74. The van der Waals surface area contributed by atoms with Gasteiger partial charge in [-0.1, -0.05) is 18.5 Å². The van der Waals surface area contributed by atoms with E-state index in [4.69, 9.17) is 15.0 Å². The molecule has 84 valence electrons. The molecule has 0 aliphatic carbocycles. The molecule has 0 aromatic carbocycles. The molecular weight excluding hydrogens is 194 g/mol. The normalized spacial score (nSPS) is 23.2. The molecule has 1 aromatic heterocycles. The second kappa shape index (κ2) is 4.72. The van der Waals surface area contributed by atoms with Crippen molar-refractivity contribution in [2.75, 3.05) is 13.2 Å². The Hall–Kier alpha value is -0.940. The van der Waals surface area contributed by atoms with Crippen LogP contribution in [0.2, 0.25) is 0 Å². The van der Waals surface area contributed by atoms with Gasteiger partial charge in [0, 0.05) is 12.5 Å². The first-order valence-corrected chi connectivity index (χ1v) is 5.48. The number of nitrogens with two attached hydrogens (primary N) is 1. The summed E-state index contributed by atoms with van der Waals surface area (Å²) in [5.41, 5.74) is 5.89. The second-order valence-corrected chi connectivity index (χ2v) is 3.95. The van der Waals surface area contributed by atoms with Crippen LogP contribution in [0, 0.1) is 0 Å². The quantitative estimate of drug-likeness (QED) is 0.814. The molecule has 1 aliphatic rings. The lowest BCUT2D eigenvalue weighted by atomic mass is 10.1. The maximum atomic E-state index is 5.89. The molecule has 1 aromatic rings. The first kappa shape index (κ1) is 10.6. The minimum absolute atomic E-state index is 0.126. The third-order valence-corrected chi connectivity index (χ3v) is 2.67. The van der Waals surface area contributed by atoms with Gasteiger partial charge >= 0.3 is 0 Å². The van der Waals surface area contributed by atoms with Gasteiger partial charge in [0.2, 0.25) is 5.89 Å². The van der Waals surface area contributed by atoms with Crippen LogP contribution in [-0.2, 0) is 4.74 Å². The van der Waals surface area contributed by atoms with Crippen LogP contribution in [0.4, 0.5) is 0 Å². The molecule has 1 fully saturated rings. The fraction of sp³-hybridized carbons (Fsp3) is 0.800. The van der Waals surface area contributed by atoms with Gasteiger partial charge in [0.1, 0.15) is 0 Å². The Morgan fingerprint density at radius 2 is 2.47 bits per heavy atom. The van der Waals surface area contributed by atoms with Crippen molar-refractivity contribution < 1.29 is 9.26 Å². The molecular formula is C10H17N3O2.